The smallest absolute Gasteiger partial charge is 0.104 e. The highest BCUT2D eigenvalue weighted by atomic mass is 16.3. The average Bonchev–Trinajstić information content (AvgIpc) is 2.39. The third-order valence-corrected chi connectivity index (χ3v) is 3.22. The Morgan fingerprint density at radius 1 is 1.22 bits per heavy atom. The van der Waals surface area contributed by atoms with Crippen LogP contribution in [0.1, 0.15) is 58.8 Å². The minimum atomic E-state index is -0.317. The molecule has 0 saturated carbocycles. The summed E-state index contributed by atoms with van der Waals surface area (Å²) in [5, 5.41) is 12.8. The molecule has 18 heavy (non-hydrogen) atoms. The molecule has 0 heterocycles. The van der Waals surface area contributed by atoms with Gasteiger partial charge in [0.1, 0.15) is 6.23 Å². The van der Waals surface area contributed by atoms with Crippen LogP contribution in [0.15, 0.2) is 24.8 Å². The van der Waals surface area contributed by atoms with Crippen molar-refractivity contribution >= 4 is 0 Å². The minimum absolute atomic E-state index is 0.317. The summed E-state index contributed by atoms with van der Waals surface area (Å²) >= 11 is 0. The van der Waals surface area contributed by atoms with E-state index in [1.807, 2.05) is 0 Å². The normalized spacial score (nSPS) is 14.8. The van der Waals surface area contributed by atoms with Gasteiger partial charge in [-0.1, -0.05) is 38.0 Å². The van der Waals surface area contributed by atoms with Gasteiger partial charge in [-0.25, -0.2) is 0 Å². The lowest BCUT2D eigenvalue weighted by Crippen LogP contribution is -2.29. The fourth-order valence-electron chi connectivity index (χ4n) is 1.94. The first kappa shape index (κ1) is 17.4. The van der Waals surface area contributed by atoms with Gasteiger partial charge in [0.2, 0.25) is 0 Å². The summed E-state index contributed by atoms with van der Waals surface area (Å²) in [6.45, 7) is 9.00. The van der Waals surface area contributed by atoms with Gasteiger partial charge in [0, 0.05) is 0 Å². The Bertz CT molecular complexity index is 213. The Morgan fingerprint density at radius 3 is 2.61 bits per heavy atom. The maximum atomic E-state index is 9.61. The molecule has 2 heteroatoms. The maximum Gasteiger partial charge on any atom is 0.104 e. The van der Waals surface area contributed by atoms with Gasteiger partial charge in [-0.15, -0.1) is 6.58 Å². The van der Waals surface area contributed by atoms with Crippen molar-refractivity contribution in [1.82, 2.24) is 5.32 Å². The fourth-order valence-corrected chi connectivity index (χ4v) is 1.94. The average molecular weight is 253 g/mol. The highest BCUT2D eigenvalue weighted by Crippen LogP contribution is 2.14. The topological polar surface area (TPSA) is 32.3 Å². The molecule has 0 fully saturated rings. The van der Waals surface area contributed by atoms with E-state index in [1.54, 1.807) is 0 Å². The van der Waals surface area contributed by atoms with Gasteiger partial charge in [-0.3, -0.25) is 5.32 Å². The molecule has 106 valence electrons. The number of aliphatic hydroxyl groups is 1. The number of nitrogens with one attached hydrogen (secondary N) is 1. The quantitative estimate of drug-likeness (QED) is 0.313. The largest absolute Gasteiger partial charge is 0.379 e. The van der Waals surface area contributed by atoms with Crippen LogP contribution in [0.2, 0.25) is 0 Å². The lowest BCUT2D eigenvalue weighted by atomic mass is 9.98. The molecule has 0 aliphatic carbocycles. The second kappa shape index (κ2) is 12.8. The maximum absolute atomic E-state index is 9.61. The van der Waals surface area contributed by atoms with E-state index in [0.29, 0.717) is 5.92 Å². The summed E-state index contributed by atoms with van der Waals surface area (Å²) < 4.78 is 0. The van der Waals surface area contributed by atoms with Crippen LogP contribution in [0, 0.1) is 5.92 Å². The molecule has 0 aliphatic rings. The van der Waals surface area contributed by atoms with Crippen molar-refractivity contribution in [1.29, 1.82) is 0 Å². The van der Waals surface area contributed by atoms with Crippen molar-refractivity contribution in [2.24, 2.45) is 5.92 Å². The molecule has 0 radical (unpaired) electrons. The number of rotatable bonds is 12. The summed E-state index contributed by atoms with van der Waals surface area (Å²) in [6, 6.07) is 0. The number of hydrogen-bond donors (Lipinski definition) is 2. The molecular formula is C16H31NO. The molecule has 2 atom stereocenters. The predicted octanol–water partition coefficient (Wildman–Crippen LogP) is 4.02. The number of unbranched alkanes of at least 4 members (excludes halogenated alkanes) is 2. The Morgan fingerprint density at radius 2 is 2.00 bits per heavy atom. The molecule has 0 aromatic heterocycles. The fraction of sp³-hybridized carbons (Fsp3) is 0.750. The Balaban J connectivity index is 3.45. The van der Waals surface area contributed by atoms with E-state index in [1.165, 1.54) is 12.8 Å². The second-order valence-corrected chi connectivity index (χ2v) is 4.91. The van der Waals surface area contributed by atoms with Crippen LogP contribution in [0.3, 0.4) is 0 Å². The first-order chi connectivity index (χ1) is 8.74. The molecule has 0 spiro atoms. The van der Waals surface area contributed by atoms with Crippen molar-refractivity contribution in [2.75, 3.05) is 6.54 Å². The van der Waals surface area contributed by atoms with Crippen molar-refractivity contribution in [2.45, 2.75) is 65.0 Å². The Hall–Kier alpha value is -0.600. The SMILES string of the molecule is C=CC(C/C=C\C)CCCCNC(O)CCCC. The van der Waals surface area contributed by atoms with Crippen LogP contribution in [0.4, 0.5) is 0 Å². The number of hydrogen-bond acceptors (Lipinski definition) is 2. The molecule has 0 aliphatic heterocycles. The highest BCUT2D eigenvalue weighted by Gasteiger charge is 2.03. The molecule has 0 bridgehead atoms. The number of aliphatic hydroxyl groups excluding tert-OH is 1. The third kappa shape index (κ3) is 10.5. The molecule has 2 N–H and O–H groups in total. The van der Waals surface area contributed by atoms with E-state index >= 15 is 0 Å². The molecule has 2 unspecified atom stereocenters. The van der Waals surface area contributed by atoms with E-state index in [2.05, 4.69) is 44.0 Å². The van der Waals surface area contributed by atoms with Crippen LogP contribution in [0.5, 0.6) is 0 Å². The molecule has 0 saturated heterocycles. The zero-order chi connectivity index (χ0) is 13.6. The Kier molecular flexibility index (Phi) is 12.4. The lowest BCUT2D eigenvalue weighted by Gasteiger charge is -2.13. The van der Waals surface area contributed by atoms with Crippen molar-refractivity contribution < 1.29 is 5.11 Å². The van der Waals surface area contributed by atoms with Crippen LogP contribution < -0.4 is 5.32 Å². The Labute approximate surface area is 113 Å². The summed E-state index contributed by atoms with van der Waals surface area (Å²) in [6.07, 6.45) is 13.8. The zero-order valence-electron chi connectivity index (χ0n) is 12.2. The first-order valence-electron chi connectivity index (χ1n) is 7.39. The standard InChI is InChI=1S/C16H31NO/c1-4-7-11-15(6-3)12-9-10-14-17-16(18)13-8-5-2/h4,6-7,15-18H,3,5,8-14H2,1-2H3/b7-4-. The second-order valence-electron chi connectivity index (χ2n) is 4.91. The van der Waals surface area contributed by atoms with Gasteiger partial charge >= 0.3 is 0 Å². The molecule has 0 rings (SSSR count). The molecule has 0 aromatic carbocycles. The molecule has 2 nitrogen and oxygen atoms in total. The van der Waals surface area contributed by atoms with E-state index < -0.39 is 0 Å². The van der Waals surface area contributed by atoms with Crippen LogP contribution >= 0.6 is 0 Å². The third-order valence-electron chi connectivity index (χ3n) is 3.22. The van der Waals surface area contributed by atoms with Gasteiger partial charge in [0.15, 0.2) is 0 Å². The lowest BCUT2D eigenvalue weighted by molar-refractivity contribution is 0.124. The minimum Gasteiger partial charge on any atom is -0.379 e. The summed E-state index contributed by atoms with van der Waals surface area (Å²) in [7, 11) is 0. The van der Waals surface area contributed by atoms with E-state index in [9.17, 15) is 5.11 Å². The van der Waals surface area contributed by atoms with Crippen LogP contribution in [-0.4, -0.2) is 17.9 Å². The van der Waals surface area contributed by atoms with E-state index in [-0.39, 0.29) is 6.23 Å². The zero-order valence-corrected chi connectivity index (χ0v) is 12.2. The van der Waals surface area contributed by atoms with Gasteiger partial charge in [0.05, 0.1) is 0 Å². The van der Waals surface area contributed by atoms with Gasteiger partial charge in [-0.05, 0) is 51.5 Å². The molecule has 0 amide bonds. The van der Waals surface area contributed by atoms with Crippen molar-refractivity contribution in [3.05, 3.63) is 24.8 Å². The van der Waals surface area contributed by atoms with Crippen LogP contribution in [-0.2, 0) is 0 Å². The summed E-state index contributed by atoms with van der Waals surface area (Å²) in [5.41, 5.74) is 0. The molecular weight excluding hydrogens is 222 g/mol. The van der Waals surface area contributed by atoms with Gasteiger partial charge in [0.25, 0.3) is 0 Å². The monoisotopic (exact) mass is 253 g/mol. The highest BCUT2D eigenvalue weighted by molar-refractivity contribution is 4.88. The summed E-state index contributed by atoms with van der Waals surface area (Å²) in [4.78, 5) is 0. The molecule has 0 aromatic rings. The van der Waals surface area contributed by atoms with Gasteiger partial charge in [-0.2, -0.15) is 0 Å². The van der Waals surface area contributed by atoms with E-state index in [4.69, 9.17) is 0 Å². The van der Waals surface area contributed by atoms with Crippen LogP contribution in [0.25, 0.3) is 0 Å². The van der Waals surface area contributed by atoms with Crippen molar-refractivity contribution in [3.63, 3.8) is 0 Å². The van der Waals surface area contributed by atoms with Crippen molar-refractivity contribution in [3.8, 4) is 0 Å². The summed E-state index contributed by atoms with van der Waals surface area (Å²) in [5.74, 6) is 0.603. The number of allylic oxidation sites excluding steroid dienone is 3. The van der Waals surface area contributed by atoms with Gasteiger partial charge < -0.3 is 5.11 Å². The first-order valence-corrected chi connectivity index (χ1v) is 7.39. The van der Waals surface area contributed by atoms with E-state index in [0.717, 1.165) is 38.6 Å². The predicted molar refractivity (Wildman–Crippen MR) is 80.5 cm³/mol.